The Hall–Kier alpha value is -3.11. The van der Waals surface area contributed by atoms with Gasteiger partial charge in [-0.05, 0) is 81.6 Å². The number of pyridine rings is 1. The molecule has 0 radical (unpaired) electrons. The Labute approximate surface area is 205 Å². The Bertz CT molecular complexity index is 1350. The highest BCUT2D eigenvalue weighted by atomic mass is 32.2. The third-order valence-electron chi connectivity index (χ3n) is 6.59. The summed E-state index contributed by atoms with van der Waals surface area (Å²) in [5, 5.41) is 4.03. The third kappa shape index (κ3) is 4.99. The molecule has 1 amide bonds. The molecular formula is C25H30FN5O3S. The molecule has 1 aromatic carbocycles. The van der Waals surface area contributed by atoms with Gasteiger partial charge in [-0.3, -0.25) is 14.5 Å². The van der Waals surface area contributed by atoms with Crippen LogP contribution in [0.5, 0.6) is 0 Å². The summed E-state index contributed by atoms with van der Waals surface area (Å²) >= 11 is 0. The van der Waals surface area contributed by atoms with Crippen LogP contribution in [0.1, 0.15) is 48.7 Å². The zero-order valence-electron chi connectivity index (χ0n) is 20.4. The lowest BCUT2D eigenvalue weighted by Gasteiger charge is -2.20. The van der Waals surface area contributed by atoms with Gasteiger partial charge in [0.2, 0.25) is 5.91 Å². The first-order valence-electron chi connectivity index (χ1n) is 11.7. The lowest BCUT2D eigenvalue weighted by molar-refractivity contribution is -0.118. The van der Waals surface area contributed by atoms with Crippen molar-refractivity contribution in [3.05, 3.63) is 64.9 Å². The molecule has 0 spiro atoms. The fourth-order valence-corrected chi connectivity index (χ4v) is 5.53. The number of rotatable bonds is 8. The van der Waals surface area contributed by atoms with Crippen molar-refractivity contribution in [2.75, 3.05) is 14.1 Å². The van der Waals surface area contributed by atoms with Gasteiger partial charge in [-0.2, -0.15) is 13.5 Å². The Kier molecular flexibility index (Phi) is 7.05. The van der Waals surface area contributed by atoms with Gasteiger partial charge < -0.3 is 4.90 Å². The van der Waals surface area contributed by atoms with E-state index >= 15 is 0 Å². The molecule has 2 heterocycles. The molecule has 10 heteroatoms. The second kappa shape index (κ2) is 9.87. The van der Waals surface area contributed by atoms with E-state index in [1.807, 2.05) is 32.8 Å². The van der Waals surface area contributed by atoms with Crippen LogP contribution >= 0.6 is 0 Å². The lowest BCUT2D eigenvalue weighted by atomic mass is 9.91. The molecule has 1 aliphatic rings. The van der Waals surface area contributed by atoms with Crippen LogP contribution in [0.25, 0.3) is 11.1 Å². The Morgan fingerprint density at radius 3 is 2.66 bits per heavy atom. The molecule has 3 aromatic rings. The molecule has 1 atom stereocenters. The van der Waals surface area contributed by atoms with E-state index < -0.39 is 15.9 Å². The number of halogens is 1. The Morgan fingerprint density at radius 1 is 1.26 bits per heavy atom. The minimum atomic E-state index is -4.19. The second-order valence-electron chi connectivity index (χ2n) is 9.01. The first-order chi connectivity index (χ1) is 16.6. The molecule has 2 aromatic heterocycles. The number of carbonyl (C=O) groups is 1. The predicted octanol–water partition coefficient (Wildman–Crippen LogP) is 3.26. The highest BCUT2D eigenvalue weighted by Crippen LogP contribution is 2.35. The van der Waals surface area contributed by atoms with Crippen LogP contribution in [-0.4, -0.2) is 48.1 Å². The molecule has 1 N–H and O–H groups in total. The van der Waals surface area contributed by atoms with Crippen LogP contribution in [0.15, 0.2) is 41.7 Å². The molecule has 186 valence electrons. The fourth-order valence-electron chi connectivity index (χ4n) is 4.58. The number of hydrogen-bond donors (Lipinski definition) is 1. The molecule has 4 rings (SSSR count). The zero-order chi connectivity index (χ0) is 25.3. The van der Waals surface area contributed by atoms with Gasteiger partial charge in [0.15, 0.2) is 5.03 Å². The summed E-state index contributed by atoms with van der Waals surface area (Å²) in [6, 6.07) is 6.40. The number of fused-ring (bicyclic) bond motifs is 1. The number of aromatic nitrogens is 3. The number of amides is 1. The van der Waals surface area contributed by atoms with Crippen LogP contribution in [-0.2, 0) is 40.6 Å². The molecule has 35 heavy (non-hydrogen) atoms. The van der Waals surface area contributed by atoms with Crippen LogP contribution in [0, 0.1) is 5.82 Å². The van der Waals surface area contributed by atoms with Crippen LogP contribution < -0.4 is 4.72 Å². The summed E-state index contributed by atoms with van der Waals surface area (Å²) in [5.41, 5.74) is 4.00. The highest BCUT2D eigenvalue weighted by molar-refractivity contribution is 7.90. The summed E-state index contributed by atoms with van der Waals surface area (Å²) in [6.45, 7) is 4.32. The van der Waals surface area contributed by atoms with Crippen molar-refractivity contribution in [2.24, 2.45) is 0 Å². The largest absolute Gasteiger partial charge is 0.301 e. The molecule has 8 nitrogen and oxygen atoms in total. The van der Waals surface area contributed by atoms with Gasteiger partial charge in [-0.25, -0.2) is 9.11 Å². The highest BCUT2D eigenvalue weighted by Gasteiger charge is 2.28. The van der Waals surface area contributed by atoms with Gasteiger partial charge in [0.25, 0.3) is 10.0 Å². The first-order valence-corrected chi connectivity index (χ1v) is 13.1. The number of sulfonamides is 1. The lowest BCUT2D eigenvalue weighted by Crippen LogP contribution is -2.32. The number of nitrogens with zero attached hydrogens (tertiary/aromatic N) is 4. The van der Waals surface area contributed by atoms with E-state index in [0.717, 1.165) is 17.7 Å². The molecule has 0 aliphatic heterocycles. The number of nitrogens with one attached hydrogen (secondary N) is 1. The van der Waals surface area contributed by atoms with Crippen LogP contribution in [0.3, 0.4) is 0 Å². The molecule has 0 saturated carbocycles. The van der Waals surface area contributed by atoms with E-state index in [9.17, 15) is 17.6 Å². The molecule has 1 unspecified atom stereocenters. The van der Waals surface area contributed by atoms with Crippen LogP contribution in [0.4, 0.5) is 4.39 Å². The van der Waals surface area contributed by atoms with Crippen molar-refractivity contribution in [2.45, 2.75) is 57.1 Å². The summed E-state index contributed by atoms with van der Waals surface area (Å²) < 4.78 is 44.7. The minimum Gasteiger partial charge on any atom is -0.301 e. The smallest absolute Gasteiger partial charge is 0.283 e. The van der Waals surface area contributed by atoms with E-state index in [0.29, 0.717) is 41.6 Å². The molecular weight excluding hydrogens is 469 g/mol. The fraction of sp³-hybridized carbons (Fsp3) is 0.400. The molecule has 0 bridgehead atoms. The third-order valence-corrected chi connectivity index (χ3v) is 7.84. The normalized spacial score (nSPS) is 14.2. The summed E-state index contributed by atoms with van der Waals surface area (Å²) in [4.78, 5) is 19.1. The molecule has 1 aliphatic carbocycles. The first kappa shape index (κ1) is 25.0. The SMILES string of the molecule is CCn1nc(S(=O)(=O)NC(=O)Cc2c(-c3cccnc3)cc(F)c3c2CCC3)cc1C(C)N(C)C. The number of hydrogen-bond acceptors (Lipinski definition) is 6. The average Bonchev–Trinajstić information content (AvgIpc) is 3.48. The predicted molar refractivity (Wildman–Crippen MR) is 131 cm³/mol. The second-order valence-corrected chi connectivity index (χ2v) is 10.6. The van der Waals surface area contributed by atoms with Gasteiger partial charge in [0.05, 0.1) is 12.1 Å². The summed E-state index contributed by atoms with van der Waals surface area (Å²) in [5.74, 6) is -0.995. The molecule has 0 fully saturated rings. The van der Waals surface area contributed by atoms with Gasteiger partial charge in [-0.15, -0.1) is 0 Å². The maximum Gasteiger partial charge on any atom is 0.283 e. The number of benzene rings is 1. The van der Waals surface area contributed by atoms with Gasteiger partial charge in [-0.1, -0.05) is 6.07 Å². The number of aryl methyl sites for hydroxylation is 1. The van der Waals surface area contributed by atoms with Crippen molar-refractivity contribution in [1.82, 2.24) is 24.4 Å². The maximum atomic E-state index is 14.8. The minimum absolute atomic E-state index is 0.0639. The Balaban J connectivity index is 1.65. The van der Waals surface area contributed by atoms with E-state index in [-0.39, 0.29) is 23.3 Å². The van der Waals surface area contributed by atoms with Crippen molar-refractivity contribution in [1.29, 1.82) is 0 Å². The van der Waals surface area contributed by atoms with E-state index in [2.05, 4.69) is 14.8 Å². The van der Waals surface area contributed by atoms with Gasteiger partial charge in [0, 0.05) is 36.6 Å². The van der Waals surface area contributed by atoms with Crippen molar-refractivity contribution in [3.8, 4) is 11.1 Å². The summed E-state index contributed by atoms with van der Waals surface area (Å²) in [6.07, 6.45) is 5.07. The van der Waals surface area contributed by atoms with Gasteiger partial charge in [0.1, 0.15) is 5.82 Å². The van der Waals surface area contributed by atoms with Crippen molar-refractivity contribution >= 4 is 15.9 Å². The van der Waals surface area contributed by atoms with E-state index in [1.165, 1.54) is 12.1 Å². The topological polar surface area (TPSA) is 97.2 Å². The quantitative estimate of drug-likeness (QED) is 0.511. The van der Waals surface area contributed by atoms with Crippen LogP contribution in [0.2, 0.25) is 0 Å². The van der Waals surface area contributed by atoms with E-state index in [4.69, 9.17) is 0 Å². The standard InChI is InChI=1S/C25H30FN5O3S/c1-5-31-23(16(2)30(3)4)14-25(28-31)35(33,34)29-24(32)13-21-18-9-6-10-19(18)22(26)12-20(21)17-8-7-11-27-15-17/h7-8,11-12,14-16H,5-6,9-10,13H2,1-4H3,(H,29,32). The maximum absolute atomic E-state index is 14.8. The Morgan fingerprint density at radius 2 is 2.00 bits per heavy atom. The zero-order valence-corrected chi connectivity index (χ0v) is 21.2. The van der Waals surface area contributed by atoms with Crippen molar-refractivity contribution < 1.29 is 17.6 Å². The molecule has 0 saturated heterocycles. The number of carbonyl (C=O) groups excluding carboxylic acids is 1. The monoisotopic (exact) mass is 499 g/mol. The average molecular weight is 500 g/mol. The van der Waals surface area contributed by atoms with E-state index in [1.54, 1.807) is 29.2 Å². The van der Waals surface area contributed by atoms with Gasteiger partial charge >= 0.3 is 0 Å². The van der Waals surface area contributed by atoms with Crippen molar-refractivity contribution in [3.63, 3.8) is 0 Å². The summed E-state index contributed by atoms with van der Waals surface area (Å²) in [7, 11) is -0.392.